The van der Waals surface area contributed by atoms with Crippen LogP contribution in [0.25, 0.3) is 0 Å². The van der Waals surface area contributed by atoms with Crippen molar-refractivity contribution in [1.29, 1.82) is 0 Å². The highest BCUT2D eigenvalue weighted by atomic mass is 32.2. The van der Waals surface area contributed by atoms with Crippen LogP contribution in [0.15, 0.2) is 41.3 Å². The first-order chi connectivity index (χ1) is 15.9. The molecule has 2 aromatic carbocycles. The maximum absolute atomic E-state index is 13.7. The van der Waals surface area contributed by atoms with Gasteiger partial charge in [0, 0.05) is 31.7 Å². The average molecular weight is 480 g/mol. The van der Waals surface area contributed by atoms with E-state index in [2.05, 4.69) is 10.2 Å². The Morgan fingerprint density at radius 3 is 2.24 bits per heavy atom. The number of hydrogen-bond acceptors (Lipinski definition) is 5. The van der Waals surface area contributed by atoms with Crippen LogP contribution in [0.2, 0.25) is 0 Å². The van der Waals surface area contributed by atoms with E-state index >= 15 is 0 Å². The van der Waals surface area contributed by atoms with Crippen LogP contribution in [0.1, 0.15) is 36.0 Å². The molecule has 33 heavy (non-hydrogen) atoms. The number of halogens is 2. The first-order valence-corrected chi connectivity index (χ1v) is 12.5. The van der Waals surface area contributed by atoms with Gasteiger partial charge in [-0.25, -0.2) is 17.2 Å². The van der Waals surface area contributed by atoms with Gasteiger partial charge in [-0.1, -0.05) is 12.8 Å². The summed E-state index contributed by atoms with van der Waals surface area (Å²) in [6.07, 6.45) is 4.20. The fourth-order valence-corrected chi connectivity index (χ4v) is 5.57. The van der Waals surface area contributed by atoms with Crippen LogP contribution < -0.4 is 10.2 Å². The molecule has 1 amide bonds. The average Bonchev–Trinajstić information content (AvgIpc) is 3.11. The van der Waals surface area contributed by atoms with Crippen molar-refractivity contribution in [3.05, 3.63) is 53.6 Å². The molecule has 2 fully saturated rings. The summed E-state index contributed by atoms with van der Waals surface area (Å²) in [5, 5.41) is 2.73. The quantitative estimate of drug-likeness (QED) is 0.709. The van der Waals surface area contributed by atoms with E-state index in [0.717, 1.165) is 50.9 Å². The van der Waals surface area contributed by atoms with Crippen molar-refractivity contribution in [2.45, 2.75) is 30.6 Å². The number of rotatable bonds is 5. The number of morpholine rings is 1. The molecule has 0 radical (unpaired) electrons. The Balaban J connectivity index is 1.69. The minimum atomic E-state index is -3.78. The predicted octanol–water partition coefficient (Wildman–Crippen LogP) is 3.62. The number of benzene rings is 2. The fourth-order valence-electron chi connectivity index (χ4n) is 4.13. The molecule has 4 rings (SSSR count). The molecule has 0 atom stereocenters. The van der Waals surface area contributed by atoms with E-state index in [4.69, 9.17) is 4.74 Å². The highest BCUT2D eigenvalue weighted by Crippen LogP contribution is 2.32. The first kappa shape index (κ1) is 23.6. The number of anilines is 2. The lowest BCUT2D eigenvalue weighted by atomic mass is 10.1. The number of hydrogen-bond donors (Lipinski definition) is 1. The van der Waals surface area contributed by atoms with Crippen LogP contribution in [0.4, 0.5) is 20.2 Å². The van der Waals surface area contributed by atoms with Crippen molar-refractivity contribution in [3.63, 3.8) is 0 Å². The monoisotopic (exact) mass is 479 g/mol. The summed E-state index contributed by atoms with van der Waals surface area (Å²) >= 11 is 0. The highest BCUT2D eigenvalue weighted by Gasteiger charge is 2.28. The Morgan fingerprint density at radius 1 is 0.879 bits per heavy atom. The van der Waals surface area contributed by atoms with Crippen LogP contribution in [-0.4, -0.2) is 58.0 Å². The van der Waals surface area contributed by atoms with Gasteiger partial charge in [-0.05, 0) is 49.2 Å². The maximum atomic E-state index is 13.7. The Bertz CT molecular complexity index is 1110. The maximum Gasteiger partial charge on any atom is 0.255 e. The highest BCUT2D eigenvalue weighted by molar-refractivity contribution is 7.89. The second kappa shape index (κ2) is 10.1. The minimum absolute atomic E-state index is 0.0582. The Labute approximate surface area is 192 Å². The van der Waals surface area contributed by atoms with E-state index in [0.29, 0.717) is 24.6 Å². The zero-order chi connectivity index (χ0) is 23.4. The van der Waals surface area contributed by atoms with E-state index in [1.807, 2.05) is 0 Å². The number of ether oxygens (including phenoxy) is 1. The Morgan fingerprint density at radius 2 is 1.58 bits per heavy atom. The summed E-state index contributed by atoms with van der Waals surface area (Å²) in [5.41, 5.74) is 0.965. The molecule has 0 spiro atoms. The molecule has 2 aromatic rings. The lowest BCUT2D eigenvalue weighted by molar-refractivity contribution is 0.0730. The first-order valence-electron chi connectivity index (χ1n) is 11.1. The van der Waals surface area contributed by atoms with Gasteiger partial charge in [0.15, 0.2) is 11.6 Å². The topological polar surface area (TPSA) is 79.0 Å². The molecule has 178 valence electrons. The molecule has 0 unspecified atom stereocenters. The number of nitrogens with one attached hydrogen (secondary N) is 1. The van der Waals surface area contributed by atoms with Gasteiger partial charge in [-0.15, -0.1) is 0 Å². The SMILES string of the molecule is O=C(Nc1cc(S(=O)(=O)N2CCOCC2)ccc1N1CCCCCC1)c1ccc(F)c(F)c1. The van der Waals surface area contributed by atoms with Gasteiger partial charge in [-0.2, -0.15) is 4.31 Å². The van der Waals surface area contributed by atoms with Gasteiger partial charge in [0.25, 0.3) is 5.91 Å². The van der Waals surface area contributed by atoms with Crippen LogP contribution in [0, 0.1) is 11.6 Å². The number of amides is 1. The zero-order valence-corrected chi connectivity index (χ0v) is 19.0. The normalized spacial score (nSPS) is 18.1. The standard InChI is InChI=1S/C23H27F2N3O4S/c24-19-7-5-17(15-20(19)25)23(29)26-21-16-18(33(30,31)28-11-13-32-14-12-28)6-8-22(21)27-9-3-1-2-4-10-27/h5-8,15-16H,1-4,9-14H2,(H,26,29). The smallest absolute Gasteiger partial charge is 0.255 e. The molecule has 2 aliphatic rings. The van der Waals surface area contributed by atoms with Crippen molar-refractivity contribution in [1.82, 2.24) is 4.31 Å². The van der Waals surface area contributed by atoms with Gasteiger partial charge in [0.05, 0.1) is 29.5 Å². The van der Waals surface area contributed by atoms with Crippen molar-refractivity contribution in [2.24, 2.45) is 0 Å². The van der Waals surface area contributed by atoms with Gasteiger partial charge in [-0.3, -0.25) is 4.79 Å². The van der Waals surface area contributed by atoms with Gasteiger partial charge in [0.1, 0.15) is 0 Å². The molecule has 2 saturated heterocycles. The lowest BCUT2D eigenvalue weighted by Gasteiger charge is -2.28. The van der Waals surface area contributed by atoms with E-state index in [1.54, 1.807) is 12.1 Å². The Hall–Kier alpha value is -2.56. The summed E-state index contributed by atoms with van der Waals surface area (Å²) in [6, 6.07) is 7.61. The van der Waals surface area contributed by atoms with Crippen molar-refractivity contribution in [3.8, 4) is 0 Å². The number of carbonyl (C=O) groups is 1. The van der Waals surface area contributed by atoms with Gasteiger partial charge >= 0.3 is 0 Å². The zero-order valence-electron chi connectivity index (χ0n) is 18.2. The van der Waals surface area contributed by atoms with E-state index in [-0.39, 0.29) is 23.5 Å². The van der Waals surface area contributed by atoms with Gasteiger partial charge < -0.3 is 15.0 Å². The predicted molar refractivity (Wildman–Crippen MR) is 121 cm³/mol. The summed E-state index contributed by atoms with van der Waals surface area (Å²) in [5.74, 6) is -2.82. The van der Waals surface area contributed by atoms with Crippen LogP contribution >= 0.6 is 0 Å². The van der Waals surface area contributed by atoms with Crippen molar-refractivity contribution < 1.29 is 26.7 Å². The third kappa shape index (κ3) is 5.34. The molecule has 10 heteroatoms. The lowest BCUT2D eigenvalue weighted by Crippen LogP contribution is -2.40. The van der Waals surface area contributed by atoms with Crippen LogP contribution in [0.5, 0.6) is 0 Å². The summed E-state index contributed by atoms with van der Waals surface area (Å²) in [7, 11) is -3.78. The van der Waals surface area contributed by atoms with Crippen molar-refractivity contribution >= 4 is 27.3 Å². The molecule has 1 N–H and O–H groups in total. The molecule has 7 nitrogen and oxygen atoms in total. The van der Waals surface area contributed by atoms with Crippen molar-refractivity contribution in [2.75, 3.05) is 49.6 Å². The van der Waals surface area contributed by atoms with E-state index < -0.39 is 27.6 Å². The molecule has 0 aromatic heterocycles. The molecular weight excluding hydrogens is 452 g/mol. The Kier molecular flexibility index (Phi) is 7.26. The fraction of sp³-hybridized carbons (Fsp3) is 0.435. The van der Waals surface area contributed by atoms with Crippen LogP contribution in [-0.2, 0) is 14.8 Å². The molecule has 2 aliphatic heterocycles. The third-order valence-corrected chi connectivity index (χ3v) is 7.85. The number of carbonyl (C=O) groups excluding carboxylic acids is 1. The molecule has 0 saturated carbocycles. The summed E-state index contributed by atoms with van der Waals surface area (Å²) < 4.78 is 59.9. The van der Waals surface area contributed by atoms with Crippen LogP contribution in [0.3, 0.4) is 0 Å². The van der Waals surface area contributed by atoms with E-state index in [9.17, 15) is 22.0 Å². The molecule has 0 bridgehead atoms. The second-order valence-corrected chi connectivity index (χ2v) is 10.1. The molecule has 0 aliphatic carbocycles. The summed E-state index contributed by atoms with van der Waals surface area (Å²) in [4.78, 5) is 15.0. The second-order valence-electron chi connectivity index (χ2n) is 8.18. The molecule has 2 heterocycles. The largest absolute Gasteiger partial charge is 0.379 e. The third-order valence-electron chi connectivity index (χ3n) is 5.95. The number of nitrogens with zero attached hydrogens (tertiary/aromatic N) is 2. The molecular formula is C23H27F2N3O4S. The van der Waals surface area contributed by atoms with Gasteiger partial charge in [0.2, 0.25) is 10.0 Å². The van der Waals surface area contributed by atoms with E-state index in [1.165, 1.54) is 16.4 Å². The minimum Gasteiger partial charge on any atom is -0.379 e. The summed E-state index contributed by atoms with van der Waals surface area (Å²) in [6.45, 7) is 2.72. The number of sulfonamides is 1.